The first-order valence-electron chi connectivity index (χ1n) is 6.18. The third kappa shape index (κ3) is 6.49. The average Bonchev–Trinajstić information content (AvgIpc) is 2.32. The van der Waals surface area contributed by atoms with Crippen LogP contribution < -0.4 is 5.32 Å². The van der Waals surface area contributed by atoms with Crippen LogP contribution in [0.25, 0.3) is 0 Å². The van der Waals surface area contributed by atoms with E-state index in [-0.39, 0.29) is 0 Å². The smallest absolute Gasteiger partial charge is 0.0205 e. The molecule has 3 heteroatoms. The molecule has 0 spiro atoms. The summed E-state index contributed by atoms with van der Waals surface area (Å²) in [7, 11) is 0. The van der Waals surface area contributed by atoms with Gasteiger partial charge in [0.05, 0.1) is 0 Å². The van der Waals surface area contributed by atoms with Crippen molar-refractivity contribution in [3.63, 3.8) is 0 Å². The molecule has 96 valence electrons. The fraction of sp³-hybridized carbons (Fsp3) is 0.571. The number of nitrogens with one attached hydrogen (secondary N) is 1. The number of hydrogen-bond donors (Lipinski definition) is 1. The van der Waals surface area contributed by atoms with Crippen molar-refractivity contribution in [2.24, 2.45) is 0 Å². The SMILES string of the molecule is CSCCCCCNCc1ccc(Br)c(C)c1. The molecule has 0 atom stereocenters. The van der Waals surface area contributed by atoms with Crippen molar-refractivity contribution in [1.29, 1.82) is 0 Å². The molecule has 1 nitrogen and oxygen atoms in total. The van der Waals surface area contributed by atoms with Crippen molar-refractivity contribution in [3.05, 3.63) is 33.8 Å². The van der Waals surface area contributed by atoms with E-state index in [9.17, 15) is 0 Å². The summed E-state index contributed by atoms with van der Waals surface area (Å²) in [6.45, 7) is 4.25. The van der Waals surface area contributed by atoms with Gasteiger partial charge < -0.3 is 5.32 Å². The molecule has 0 aliphatic rings. The van der Waals surface area contributed by atoms with Crippen LogP contribution in [-0.2, 0) is 6.54 Å². The van der Waals surface area contributed by atoms with Crippen LogP contribution in [-0.4, -0.2) is 18.6 Å². The van der Waals surface area contributed by atoms with Gasteiger partial charge in [0, 0.05) is 11.0 Å². The molecular weight excluding hydrogens is 294 g/mol. The summed E-state index contributed by atoms with van der Waals surface area (Å²) in [6, 6.07) is 6.55. The Labute approximate surface area is 118 Å². The van der Waals surface area contributed by atoms with E-state index < -0.39 is 0 Å². The van der Waals surface area contributed by atoms with Crippen molar-refractivity contribution >= 4 is 27.7 Å². The molecule has 0 aliphatic heterocycles. The molecule has 1 N–H and O–H groups in total. The highest BCUT2D eigenvalue weighted by Gasteiger charge is 1.97. The summed E-state index contributed by atoms with van der Waals surface area (Å²) >= 11 is 5.46. The van der Waals surface area contributed by atoms with Crippen molar-refractivity contribution in [2.75, 3.05) is 18.6 Å². The normalized spacial score (nSPS) is 10.8. The summed E-state index contributed by atoms with van der Waals surface area (Å²) in [6.07, 6.45) is 6.15. The second-order valence-corrected chi connectivity index (χ2v) is 6.15. The maximum atomic E-state index is 3.52. The number of hydrogen-bond acceptors (Lipinski definition) is 2. The summed E-state index contributed by atoms with van der Waals surface area (Å²) in [5, 5.41) is 3.50. The molecule has 1 aromatic carbocycles. The fourth-order valence-electron chi connectivity index (χ4n) is 1.72. The number of rotatable bonds is 8. The van der Waals surface area contributed by atoms with Gasteiger partial charge in [-0.05, 0) is 55.5 Å². The van der Waals surface area contributed by atoms with E-state index in [0.29, 0.717) is 0 Å². The van der Waals surface area contributed by atoms with Gasteiger partial charge in [0.2, 0.25) is 0 Å². The Bertz CT molecular complexity index is 328. The van der Waals surface area contributed by atoms with Gasteiger partial charge in [-0.2, -0.15) is 11.8 Å². The molecular formula is C14H22BrNS. The van der Waals surface area contributed by atoms with Gasteiger partial charge in [-0.1, -0.05) is 34.5 Å². The monoisotopic (exact) mass is 315 g/mol. The molecule has 17 heavy (non-hydrogen) atoms. The molecule has 0 amide bonds. The Morgan fingerprint density at radius 3 is 2.76 bits per heavy atom. The summed E-state index contributed by atoms with van der Waals surface area (Å²) < 4.78 is 1.19. The zero-order valence-corrected chi connectivity index (χ0v) is 13.2. The van der Waals surface area contributed by atoms with Crippen LogP contribution in [0.3, 0.4) is 0 Å². The van der Waals surface area contributed by atoms with E-state index in [1.165, 1.54) is 40.6 Å². The predicted octanol–water partition coefficient (Wildman–Crippen LogP) is 4.38. The number of aryl methyl sites for hydroxylation is 1. The van der Waals surface area contributed by atoms with Crippen molar-refractivity contribution in [1.82, 2.24) is 5.32 Å². The molecule has 0 fully saturated rings. The lowest BCUT2D eigenvalue weighted by Gasteiger charge is -2.06. The van der Waals surface area contributed by atoms with Crippen molar-refractivity contribution < 1.29 is 0 Å². The maximum Gasteiger partial charge on any atom is 0.0205 e. The summed E-state index contributed by atoms with van der Waals surface area (Å²) in [5.74, 6) is 1.30. The maximum absolute atomic E-state index is 3.52. The highest BCUT2D eigenvalue weighted by atomic mass is 79.9. The second kappa shape index (κ2) is 9.01. The summed E-state index contributed by atoms with van der Waals surface area (Å²) in [5.41, 5.74) is 2.68. The molecule has 0 unspecified atom stereocenters. The van der Waals surface area contributed by atoms with Crippen LogP contribution in [0.5, 0.6) is 0 Å². The van der Waals surface area contributed by atoms with Crippen LogP contribution in [0.15, 0.2) is 22.7 Å². The van der Waals surface area contributed by atoms with Crippen molar-refractivity contribution in [3.8, 4) is 0 Å². The molecule has 0 radical (unpaired) electrons. The molecule has 0 saturated heterocycles. The van der Waals surface area contributed by atoms with Crippen molar-refractivity contribution in [2.45, 2.75) is 32.7 Å². The first-order chi connectivity index (χ1) is 8.24. The molecule has 1 aromatic rings. The standard InChI is InChI=1S/C14H22BrNS/c1-12-10-13(6-7-14(12)15)11-16-8-4-3-5-9-17-2/h6-7,10,16H,3-5,8-9,11H2,1-2H3. The van der Waals surface area contributed by atoms with E-state index in [0.717, 1.165) is 13.1 Å². The Morgan fingerprint density at radius 2 is 2.06 bits per heavy atom. The lowest BCUT2D eigenvalue weighted by molar-refractivity contribution is 0.618. The lowest BCUT2D eigenvalue weighted by Crippen LogP contribution is -2.14. The van der Waals surface area contributed by atoms with Crippen LogP contribution in [0.1, 0.15) is 30.4 Å². The van der Waals surface area contributed by atoms with Gasteiger partial charge in [-0.3, -0.25) is 0 Å². The van der Waals surface area contributed by atoms with Gasteiger partial charge in [-0.25, -0.2) is 0 Å². The van der Waals surface area contributed by atoms with Gasteiger partial charge in [-0.15, -0.1) is 0 Å². The Morgan fingerprint density at radius 1 is 1.24 bits per heavy atom. The van der Waals surface area contributed by atoms with E-state index in [1.54, 1.807) is 0 Å². The Hall–Kier alpha value is 0.01000. The summed E-state index contributed by atoms with van der Waals surface area (Å²) in [4.78, 5) is 0. The number of unbranched alkanes of at least 4 members (excludes halogenated alkanes) is 2. The minimum absolute atomic E-state index is 0.983. The largest absolute Gasteiger partial charge is 0.313 e. The topological polar surface area (TPSA) is 12.0 Å². The first-order valence-corrected chi connectivity index (χ1v) is 8.37. The van der Waals surface area contributed by atoms with Crippen LogP contribution in [0.2, 0.25) is 0 Å². The van der Waals surface area contributed by atoms with Crippen LogP contribution in [0.4, 0.5) is 0 Å². The minimum Gasteiger partial charge on any atom is -0.313 e. The molecule has 0 aliphatic carbocycles. The highest BCUT2D eigenvalue weighted by molar-refractivity contribution is 9.10. The van der Waals surface area contributed by atoms with Gasteiger partial charge in [0.15, 0.2) is 0 Å². The quantitative estimate of drug-likeness (QED) is 0.714. The molecule has 0 saturated carbocycles. The molecule has 0 aromatic heterocycles. The van der Waals surface area contributed by atoms with Gasteiger partial charge >= 0.3 is 0 Å². The number of thioether (sulfide) groups is 1. The fourth-order valence-corrected chi connectivity index (χ4v) is 2.46. The Kier molecular flexibility index (Phi) is 7.99. The van der Waals surface area contributed by atoms with E-state index >= 15 is 0 Å². The minimum atomic E-state index is 0.983. The van der Waals surface area contributed by atoms with E-state index in [1.807, 2.05) is 11.8 Å². The molecule has 0 bridgehead atoms. The second-order valence-electron chi connectivity index (χ2n) is 4.31. The zero-order chi connectivity index (χ0) is 12.5. The van der Waals surface area contributed by atoms with E-state index in [2.05, 4.69) is 52.6 Å². The number of benzene rings is 1. The van der Waals surface area contributed by atoms with Crippen LogP contribution in [0, 0.1) is 6.92 Å². The third-order valence-electron chi connectivity index (χ3n) is 2.75. The molecule has 1 rings (SSSR count). The average molecular weight is 316 g/mol. The number of halogens is 1. The van der Waals surface area contributed by atoms with Crippen LogP contribution >= 0.6 is 27.7 Å². The van der Waals surface area contributed by atoms with Gasteiger partial charge in [0.25, 0.3) is 0 Å². The van der Waals surface area contributed by atoms with Gasteiger partial charge in [0.1, 0.15) is 0 Å². The van der Waals surface area contributed by atoms with E-state index in [4.69, 9.17) is 0 Å². The predicted molar refractivity (Wildman–Crippen MR) is 82.8 cm³/mol. The Balaban J connectivity index is 2.11. The molecule has 0 heterocycles. The third-order valence-corrected chi connectivity index (χ3v) is 4.34. The lowest BCUT2D eigenvalue weighted by atomic mass is 10.1. The zero-order valence-electron chi connectivity index (χ0n) is 10.8. The highest BCUT2D eigenvalue weighted by Crippen LogP contribution is 2.16. The first kappa shape index (κ1) is 15.1.